The number of ketones is 1. The Morgan fingerprint density at radius 3 is 2.71 bits per heavy atom. The molecule has 12 heteroatoms. The molecule has 1 aliphatic heterocycles. The molecule has 3 aromatic rings. The Morgan fingerprint density at radius 1 is 1.17 bits per heavy atom. The highest BCUT2D eigenvalue weighted by Gasteiger charge is 2.35. The van der Waals surface area contributed by atoms with Crippen molar-refractivity contribution in [2.45, 2.75) is 10.8 Å². The fourth-order valence-electron chi connectivity index (χ4n) is 3.61. The van der Waals surface area contributed by atoms with Gasteiger partial charge in [-0.3, -0.25) is 9.52 Å². The van der Waals surface area contributed by atoms with E-state index in [2.05, 4.69) is 10.3 Å². The summed E-state index contributed by atoms with van der Waals surface area (Å²) in [7, 11) is -2.90. The molecule has 0 aliphatic carbocycles. The lowest BCUT2D eigenvalue weighted by molar-refractivity contribution is 0.0958. The SMILES string of the molecule is COCCOc1cnc2c(c1)C(C(=O)c1c(F)ccc(NS(=O)(=O)c3cccc(F)c3)c1F)CN2. The standard InChI is InChI=1S/C23H20F3N3O5S/c1-33-7-8-34-14-10-16-17(12-28-23(16)27-11-14)22(30)20-18(25)5-6-19(21(20)26)29-35(31,32)15-4-2-3-13(24)9-15/h2-6,9-11,17,29H,7-8,12H2,1H3,(H,27,28). The number of benzene rings is 2. The summed E-state index contributed by atoms with van der Waals surface area (Å²) in [6.45, 7) is 0.590. The molecule has 4 rings (SSSR count). The quantitative estimate of drug-likeness (QED) is 0.336. The van der Waals surface area contributed by atoms with E-state index in [4.69, 9.17) is 9.47 Å². The molecule has 0 saturated carbocycles. The topological polar surface area (TPSA) is 107 Å². The second-order valence-electron chi connectivity index (χ2n) is 7.59. The van der Waals surface area contributed by atoms with E-state index < -0.39 is 55.3 Å². The van der Waals surface area contributed by atoms with Crippen molar-refractivity contribution in [2.75, 3.05) is 36.9 Å². The van der Waals surface area contributed by atoms with E-state index in [0.29, 0.717) is 23.7 Å². The number of hydrogen-bond acceptors (Lipinski definition) is 7. The second-order valence-corrected chi connectivity index (χ2v) is 9.28. The minimum atomic E-state index is -4.41. The molecule has 1 atom stereocenters. The van der Waals surface area contributed by atoms with Crippen LogP contribution in [0.2, 0.25) is 0 Å². The molecule has 0 bridgehead atoms. The van der Waals surface area contributed by atoms with Crippen LogP contribution in [0.5, 0.6) is 5.75 Å². The molecule has 8 nitrogen and oxygen atoms in total. The van der Waals surface area contributed by atoms with Crippen molar-refractivity contribution in [3.05, 3.63) is 77.2 Å². The summed E-state index contributed by atoms with van der Waals surface area (Å²) in [4.78, 5) is 16.9. The van der Waals surface area contributed by atoms with E-state index in [1.807, 2.05) is 4.72 Å². The number of carbonyl (C=O) groups is 1. The molecule has 2 aromatic carbocycles. The monoisotopic (exact) mass is 507 g/mol. The molecule has 2 heterocycles. The molecule has 35 heavy (non-hydrogen) atoms. The van der Waals surface area contributed by atoms with Gasteiger partial charge in [0.05, 0.1) is 34.9 Å². The van der Waals surface area contributed by atoms with Gasteiger partial charge in [-0.1, -0.05) is 6.07 Å². The molecular formula is C23H20F3N3O5S. The van der Waals surface area contributed by atoms with Crippen molar-refractivity contribution in [2.24, 2.45) is 0 Å². The Bertz CT molecular complexity index is 1380. The number of Topliss-reactive ketones (excluding diaryl/α,β-unsaturated/α-hetero) is 1. The molecule has 0 spiro atoms. The lowest BCUT2D eigenvalue weighted by Gasteiger charge is -2.15. The third-order valence-electron chi connectivity index (χ3n) is 5.30. The van der Waals surface area contributed by atoms with Crippen molar-refractivity contribution in [3.63, 3.8) is 0 Å². The van der Waals surface area contributed by atoms with Gasteiger partial charge in [0.2, 0.25) is 0 Å². The number of rotatable bonds is 9. The van der Waals surface area contributed by atoms with Crippen LogP contribution < -0.4 is 14.8 Å². The molecule has 0 amide bonds. The first kappa shape index (κ1) is 24.5. The molecule has 1 unspecified atom stereocenters. The molecule has 1 aromatic heterocycles. The number of carbonyl (C=O) groups excluding carboxylic acids is 1. The largest absolute Gasteiger partial charge is 0.490 e. The van der Waals surface area contributed by atoms with Crippen LogP contribution in [0.25, 0.3) is 0 Å². The summed E-state index contributed by atoms with van der Waals surface area (Å²) in [5.41, 5.74) is -1.18. The van der Waals surface area contributed by atoms with E-state index in [0.717, 1.165) is 30.3 Å². The predicted octanol–water partition coefficient (Wildman–Crippen LogP) is 3.72. The highest BCUT2D eigenvalue weighted by atomic mass is 32.2. The normalized spacial score (nSPS) is 14.8. The molecule has 0 fully saturated rings. The summed E-state index contributed by atoms with van der Waals surface area (Å²) in [5, 5.41) is 2.91. The summed E-state index contributed by atoms with van der Waals surface area (Å²) in [6.07, 6.45) is 1.44. The minimum Gasteiger partial charge on any atom is -0.490 e. The van der Waals surface area contributed by atoms with Crippen molar-refractivity contribution in [3.8, 4) is 5.75 Å². The third-order valence-corrected chi connectivity index (χ3v) is 6.67. The third kappa shape index (κ3) is 5.08. The van der Waals surface area contributed by atoms with Crippen LogP contribution >= 0.6 is 0 Å². The smallest absolute Gasteiger partial charge is 0.262 e. The fourth-order valence-corrected chi connectivity index (χ4v) is 4.70. The maximum atomic E-state index is 15.3. The minimum absolute atomic E-state index is 0.0286. The number of fused-ring (bicyclic) bond motifs is 1. The number of sulfonamides is 1. The van der Waals surface area contributed by atoms with Gasteiger partial charge >= 0.3 is 0 Å². The Labute approximate surface area is 199 Å². The lowest BCUT2D eigenvalue weighted by atomic mass is 9.92. The Morgan fingerprint density at radius 2 is 1.97 bits per heavy atom. The van der Waals surface area contributed by atoms with Gasteiger partial charge in [0, 0.05) is 19.2 Å². The van der Waals surface area contributed by atoms with Gasteiger partial charge in [0.15, 0.2) is 11.6 Å². The zero-order valence-electron chi connectivity index (χ0n) is 18.3. The Hall–Kier alpha value is -3.64. The van der Waals surface area contributed by atoms with Crippen LogP contribution in [0.1, 0.15) is 21.8 Å². The molecular weight excluding hydrogens is 487 g/mol. The van der Waals surface area contributed by atoms with Crippen molar-refractivity contribution >= 4 is 27.3 Å². The van der Waals surface area contributed by atoms with Crippen LogP contribution in [0.3, 0.4) is 0 Å². The van der Waals surface area contributed by atoms with Crippen molar-refractivity contribution < 1.29 is 35.9 Å². The Kier molecular flexibility index (Phi) is 6.94. The van der Waals surface area contributed by atoms with E-state index >= 15 is 4.39 Å². The van der Waals surface area contributed by atoms with E-state index in [-0.39, 0.29) is 13.2 Å². The van der Waals surface area contributed by atoms with Gasteiger partial charge in [0.1, 0.15) is 29.8 Å². The van der Waals surface area contributed by atoms with Crippen LogP contribution in [-0.2, 0) is 14.8 Å². The van der Waals surface area contributed by atoms with Gasteiger partial charge in [-0.15, -0.1) is 0 Å². The first-order chi connectivity index (χ1) is 16.7. The number of methoxy groups -OCH3 is 1. The maximum absolute atomic E-state index is 15.3. The number of ether oxygens (including phenoxy) is 2. The van der Waals surface area contributed by atoms with Crippen LogP contribution in [-0.4, -0.2) is 46.1 Å². The van der Waals surface area contributed by atoms with Gasteiger partial charge in [-0.2, -0.15) is 0 Å². The first-order valence-electron chi connectivity index (χ1n) is 10.4. The zero-order valence-corrected chi connectivity index (χ0v) is 19.2. The van der Waals surface area contributed by atoms with Gasteiger partial charge in [-0.25, -0.2) is 26.6 Å². The van der Waals surface area contributed by atoms with E-state index in [9.17, 15) is 22.0 Å². The number of nitrogens with zero attached hydrogens (tertiary/aromatic N) is 1. The summed E-state index contributed by atoms with van der Waals surface area (Å²) in [6, 6.07) is 7.26. The number of aromatic nitrogens is 1. The van der Waals surface area contributed by atoms with Crippen molar-refractivity contribution in [1.29, 1.82) is 0 Å². The Balaban J connectivity index is 1.64. The second kappa shape index (κ2) is 9.92. The lowest BCUT2D eigenvalue weighted by Crippen LogP contribution is -2.20. The maximum Gasteiger partial charge on any atom is 0.262 e. The van der Waals surface area contributed by atoms with E-state index in [1.165, 1.54) is 19.4 Å². The summed E-state index contributed by atoms with van der Waals surface area (Å²) >= 11 is 0. The highest BCUT2D eigenvalue weighted by molar-refractivity contribution is 7.92. The average Bonchev–Trinajstić information content (AvgIpc) is 3.24. The number of anilines is 2. The average molecular weight is 507 g/mol. The van der Waals surface area contributed by atoms with Gasteiger partial charge in [-0.05, 0) is 36.4 Å². The number of nitrogens with one attached hydrogen (secondary N) is 2. The van der Waals surface area contributed by atoms with Gasteiger partial charge < -0.3 is 14.8 Å². The first-order valence-corrected chi connectivity index (χ1v) is 11.9. The molecule has 2 N–H and O–H groups in total. The molecule has 1 aliphatic rings. The van der Waals surface area contributed by atoms with Crippen molar-refractivity contribution in [1.82, 2.24) is 4.98 Å². The van der Waals surface area contributed by atoms with Crippen LogP contribution in [0.4, 0.5) is 24.7 Å². The molecule has 184 valence electrons. The predicted molar refractivity (Wildman–Crippen MR) is 121 cm³/mol. The van der Waals surface area contributed by atoms with Crippen LogP contribution in [0.15, 0.2) is 53.6 Å². The molecule has 0 saturated heterocycles. The summed E-state index contributed by atoms with van der Waals surface area (Å²) in [5.74, 6) is -4.54. The number of halogens is 3. The van der Waals surface area contributed by atoms with E-state index in [1.54, 1.807) is 6.07 Å². The molecule has 0 radical (unpaired) electrons. The van der Waals surface area contributed by atoms with Crippen LogP contribution in [0, 0.1) is 17.5 Å². The number of pyridine rings is 1. The number of hydrogen-bond donors (Lipinski definition) is 2. The summed E-state index contributed by atoms with van der Waals surface area (Å²) < 4.78 is 80.9. The van der Waals surface area contributed by atoms with Gasteiger partial charge in [0.25, 0.3) is 10.0 Å². The highest BCUT2D eigenvalue weighted by Crippen LogP contribution is 2.36. The fraction of sp³-hybridized carbons (Fsp3) is 0.217. The zero-order chi connectivity index (χ0) is 25.2.